The topological polar surface area (TPSA) is 20.3 Å². The highest BCUT2D eigenvalue weighted by Crippen LogP contribution is 2.42. The molecule has 2 heterocycles. The van der Waals surface area contributed by atoms with Gasteiger partial charge in [0.2, 0.25) is 0 Å². The first-order chi connectivity index (χ1) is 12.6. The van der Waals surface area contributed by atoms with Gasteiger partial charge in [-0.2, -0.15) is 0 Å². The molecule has 0 N–H and O–H groups in total. The van der Waals surface area contributed by atoms with Crippen LogP contribution < -0.4 is 0 Å². The number of fused-ring (bicyclic) bond motifs is 2. The SMILES string of the molecule is CC(=O)CCN1CCC(=C2c3ccccc3C=Cc3sc(Cl)cc32)CC1. The Hall–Kier alpha value is -1.68. The Morgan fingerprint density at radius 2 is 1.92 bits per heavy atom. The highest BCUT2D eigenvalue weighted by molar-refractivity contribution is 7.17. The standard InChI is InChI=1S/C22H22ClNOS/c1-15(25)8-11-24-12-9-17(10-13-24)22-18-5-3-2-4-16(18)6-7-20-19(22)14-21(23)26-20/h2-7,14H,8-13H2,1H3. The van der Waals surface area contributed by atoms with Crippen LogP contribution in [0.4, 0.5) is 0 Å². The predicted octanol–water partition coefficient (Wildman–Crippen LogP) is 5.76. The lowest BCUT2D eigenvalue weighted by Crippen LogP contribution is -2.32. The Morgan fingerprint density at radius 3 is 2.69 bits per heavy atom. The average molecular weight is 384 g/mol. The van der Waals surface area contributed by atoms with Gasteiger partial charge in [0, 0.05) is 36.5 Å². The summed E-state index contributed by atoms with van der Waals surface area (Å²) in [6.45, 7) is 4.60. The van der Waals surface area contributed by atoms with Crippen molar-refractivity contribution in [2.75, 3.05) is 19.6 Å². The Morgan fingerprint density at radius 1 is 1.15 bits per heavy atom. The van der Waals surface area contributed by atoms with Crippen molar-refractivity contribution in [3.05, 3.63) is 61.8 Å². The number of halogens is 1. The zero-order chi connectivity index (χ0) is 18.1. The third-order valence-electron chi connectivity index (χ3n) is 5.24. The number of Topliss-reactive ketones (excluding diaryl/α,β-unsaturated/α-hetero) is 1. The zero-order valence-electron chi connectivity index (χ0n) is 14.9. The number of carbonyl (C=O) groups is 1. The lowest BCUT2D eigenvalue weighted by atomic mass is 9.87. The van der Waals surface area contributed by atoms with E-state index >= 15 is 0 Å². The fourth-order valence-corrected chi connectivity index (χ4v) is 5.02. The molecule has 2 nitrogen and oxygen atoms in total. The number of piperidine rings is 1. The summed E-state index contributed by atoms with van der Waals surface area (Å²) in [5.74, 6) is 0.274. The van der Waals surface area contributed by atoms with Crippen LogP contribution in [0.2, 0.25) is 4.34 Å². The summed E-state index contributed by atoms with van der Waals surface area (Å²) < 4.78 is 0.844. The minimum atomic E-state index is 0.274. The quantitative estimate of drug-likeness (QED) is 0.572. The van der Waals surface area contributed by atoms with Crippen LogP contribution in [0.5, 0.6) is 0 Å². The van der Waals surface area contributed by atoms with Gasteiger partial charge in [-0.15, -0.1) is 11.3 Å². The van der Waals surface area contributed by atoms with Crippen LogP contribution in [0, 0.1) is 0 Å². The summed E-state index contributed by atoms with van der Waals surface area (Å²) >= 11 is 8.00. The normalized spacial score (nSPS) is 17.0. The summed E-state index contributed by atoms with van der Waals surface area (Å²) in [5, 5.41) is 0. The molecule has 1 aromatic carbocycles. The maximum atomic E-state index is 11.3. The largest absolute Gasteiger partial charge is 0.302 e. The van der Waals surface area contributed by atoms with Gasteiger partial charge in [0.15, 0.2) is 0 Å². The second-order valence-corrected chi connectivity index (χ2v) is 8.74. The van der Waals surface area contributed by atoms with Crippen LogP contribution in [0.1, 0.15) is 47.8 Å². The van der Waals surface area contributed by atoms with Gasteiger partial charge >= 0.3 is 0 Å². The molecule has 1 saturated heterocycles. The first kappa shape index (κ1) is 17.7. The van der Waals surface area contributed by atoms with Gasteiger partial charge in [-0.25, -0.2) is 0 Å². The number of hydrogen-bond donors (Lipinski definition) is 0. The second-order valence-electron chi connectivity index (χ2n) is 7.02. The molecule has 0 bridgehead atoms. The number of rotatable bonds is 3. The van der Waals surface area contributed by atoms with Crippen molar-refractivity contribution in [2.24, 2.45) is 0 Å². The molecular formula is C22H22ClNOS. The van der Waals surface area contributed by atoms with Crippen molar-refractivity contribution in [3.63, 3.8) is 0 Å². The van der Waals surface area contributed by atoms with Crippen molar-refractivity contribution >= 4 is 46.4 Å². The molecule has 2 aliphatic rings. The Balaban J connectivity index is 1.70. The van der Waals surface area contributed by atoms with E-state index in [1.165, 1.54) is 32.7 Å². The molecule has 0 radical (unpaired) electrons. The molecule has 4 heteroatoms. The minimum absolute atomic E-state index is 0.274. The lowest BCUT2D eigenvalue weighted by molar-refractivity contribution is -0.117. The van der Waals surface area contributed by atoms with Gasteiger partial charge in [-0.05, 0) is 48.6 Å². The van der Waals surface area contributed by atoms with Crippen molar-refractivity contribution in [1.82, 2.24) is 4.90 Å². The molecule has 1 aromatic heterocycles. The highest BCUT2D eigenvalue weighted by atomic mass is 35.5. The Kier molecular flexibility index (Phi) is 5.12. The summed E-state index contributed by atoms with van der Waals surface area (Å²) in [4.78, 5) is 14.9. The molecular weight excluding hydrogens is 362 g/mol. The third-order valence-corrected chi connectivity index (χ3v) is 6.47. The number of nitrogens with zero attached hydrogens (tertiary/aromatic N) is 1. The second kappa shape index (κ2) is 7.51. The van der Waals surface area contributed by atoms with E-state index in [1.54, 1.807) is 18.3 Å². The van der Waals surface area contributed by atoms with Gasteiger partial charge < -0.3 is 4.90 Å². The van der Waals surface area contributed by atoms with Crippen molar-refractivity contribution < 1.29 is 4.79 Å². The van der Waals surface area contributed by atoms with Crippen LogP contribution in [0.3, 0.4) is 0 Å². The zero-order valence-corrected chi connectivity index (χ0v) is 16.5. The third kappa shape index (κ3) is 3.57. The van der Waals surface area contributed by atoms with Crippen molar-refractivity contribution in [3.8, 4) is 0 Å². The summed E-state index contributed by atoms with van der Waals surface area (Å²) in [6.07, 6.45) is 7.16. The fraction of sp³-hybridized carbons (Fsp3) is 0.318. The molecule has 1 aliphatic carbocycles. The van der Waals surface area contributed by atoms with Gasteiger partial charge in [0.1, 0.15) is 5.78 Å². The predicted molar refractivity (Wildman–Crippen MR) is 112 cm³/mol. The maximum Gasteiger partial charge on any atom is 0.131 e. The molecule has 0 atom stereocenters. The van der Waals surface area contributed by atoms with E-state index in [0.29, 0.717) is 6.42 Å². The van der Waals surface area contributed by atoms with Gasteiger partial charge in [-0.3, -0.25) is 4.79 Å². The number of benzene rings is 1. The number of ketones is 1. The number of thiophene rings is 1. The van der Waals surface area contributed by atoms with Crippen LogP contribution >= 0.6 is 22.9 Å². The molecule has 2 aromatic rings. The van der Waals surface area contributed by atoms with Crippen molar-refractivity contribution in [1.29, 1.82) is 0 Å². The Bertz CT molecular complexity index is 899. The van der Waals surface area contributed by atoms with E-state index in [-0.39, 0.29) is 5.78 Å². The summed E-state index contributed by atoms with van der Waals surface area (Å²) in [5.41, 5.74) is 6.73. The van der Waals surface area contributed by atoms with E-state index in [0.717, 1.165) is 36.8 Å². The highest BCUT2D eigenvalue weighted by Gasteiger charge is 2.23. The lowest BCUT2D eigenvalue weighted by Gasteiger charge is -2.30. The molecule has 134 valence electrons. The molecule has 1 aliphatic heterocycles. The molecule has 0 unspecified atom stereocenters. The average Bonchev–Trinajstić information content (AvgIpc) is 2.93. The summed E-state index contributed by atoms with van der Waals surface area (Å²) in [7, 11) is 0. The monoisotopic (exact) mass is 383 g/mol. The van der Waals surface area contributed by atoms with Gasteiger partial charge in [0.05, 0.1) is 4.34 Å². The molecule has 0 amide bonds. The van der Waals surface area contributed by atoms with E-state index < -0.39 is 0 Å². The van der Waals surface area contributed by atoms with Crippen LogP contribution in [0.15, 0.2) is 35.9 Å². The Labute approximate surface area is 163 Å². The van der Waals surface area contributed by atoms with Crippen LogP contribution in [-0.4, -0.2) is 30.3 Å². The fourth-order valence-electron chi connectivity index (χ4n) is 3.87. The smallest absolute Gasteiger partial charge is 0.131 e. The van der Waals surface area contributed by atoms with Crippen molar-refractivity contribution in [2.45, 2.75) is 26.2 Å². The van der Waals surface area contributed by atoms with Crippen LogP contribution in [-0.2, 0) is 4.79 Å². The maximum absolute atomic E-state index is 11.3. The number of likely N-dealkylation sites (tertiary alicyclic amines) is 1. The molecule has 0 spiro atoms. The van der Waals surface area contributed by atoms with Crippen LogP contribution in [0.25, 0.3) is 17.7 Å². The first-order valence-electron chi connectivity index (χ1n) is 9.13. The number of hydrogen-bond acceptors (Lipinski definition) is 3. The van der Waals surface area contributed by atoms with Gasteiger partial charge in [0.25, 0.3) is 0 Å². The van der Waals surface area contributed by atoms with Gasteiger partial charge in [-0.1, -0.05) is 47.5 Å². The molecule has 0 saturated carbocycles. The van der Waals surface area contributed by atoms with E-state index in [9.17, 15) is 4.79 Å². The first-order valence-corrected chi connectivity index (χ1v) is 10.3. The summed E-state index contributed by atoms with van der Waals surface area (Å²) in [6, 6.07) is 10.8. The van der Waals surface area contributed by atoms with E-state index in [1.807, 2.05) is 0 Å². The number of carbonyl (C=O) groups excluding carboxylic acids is 1. The molecule has 4 rings (SSSR count). The minimum Gasteiger partial charge on any atom is -0.302 e. The molecule has 26 heavy (non-hydrogen) atoms. The van der Waals surface area contributed by atoms with E-state index in [4.69, 9.17) is 11.6 Å². The van der Waals surface area contributed by atoms with E-state index in [2.05, 4.69) is 47.4 Å². The molecule has 1 fully saturated rings.